The summed E-state index contributed by atoms with van der Waals surface area (Å²) >= 11 is 0. The van der Waals surface area contributed by atoms with Crippen molar-refractivity contribution in [3.8, 4) is 0 Å². The molecule has 98 valence electrons. The van der Waals surface area contributed by atoms with Gasteiger partial charge in [0.25, 0.3) is 0 Å². The Morgan fingerprint density at radius 2 is 2.00 bits per heavy atom. The molecule has 2 unspecified atom stereocenters. The third kappa shape index (κ3) is 2.25. The minimum atomic E-state index is 0.255. The highest BCUT2D eigenvalue weighted by molar-refractivity contribution is 4.96. The number of rotatable bonds is 2. The maximum atomic E-state index is 6.13. The highest BCUT2D eigenvalue weighted by atomic mass is 16.5. The summed E-state index contributed by atoms with van der Waals surface area (Å²) in [6.45, 7) is 3.07. The monoisotopic (exact) mass is 238 g/mol. The summed E-state index contributed by atoms with van der Waals surface area (Å²) in [5.74, 6) is 0. The predicted octanol–water partition coefficient (Wildman–Crippen LogP) is 1.90. The van der Waals surface area contributed by atoms with Crippen molar-refractivity contribution in [2.45, 2.75) is 69.1 Å². The van der Waals surface area contributed by atoms with Crippen molar-refractivity contribution < 1.29 is 4.74 Å². The summed E-state index contributed by atoms with van der Waals surface area (Å²) in [6, 6.07) is 1.40. The molecule has 3 aliphatic rings. The molecular formula is C14H26N2O. The Kier molecular flexibility index (Phi) is 3.42. The van der Waals surface area contributed by atoms with Crippen molar-refractivity contribution in [1.29, 1.82) is 0 Å². The van der Waals surface area contributed by atoms with Gasteiger partial charge in [-0.1, -0.05) is 12.8 Å². The van der Waals surface area contributed by atoms with E-state index in [1.165, 1.54) is 57.9 Å². The highest BCUT2D eigenvalue weighted by Gasteiger charge is 2.43. The van der Waals surface area contributed by atoms with Crippen LogP contribution in [0.15, 0.2) is 0 Å². The van der Waals surface area contributed by atoms with Crippen molar-refractivity contribution in [1.82, 2.24) is 4.90 Å². The molecule has 3 nitrogen and oxygen atoms in total. The minimum Gasteiger partial charge on any atom is -0.375 e. The molecule has 3 rings (SSSR count). The van der Waals surface area contributed by atoms with E-state index in [0.717, 1.165) is 19.2 Å². The van der Waals surface area contributed by atoms with E-state index in [0.29, 0.717) is 6.04 Å². The third-order valence-electron chi connectivity index (χ3n) is 5.15. The molecule has 0 aromatic rings. The molecule has 0 radical (unpaired) electrons. The number of ether oxygens (including phenoxy) is 1. The van der Waals surface area contributed by atoms with E-state index >= 15 is 0 Å². The number of hydrogen-bond acceptors (Lipinski definition) is 3. The van der Waals surface area contributed by atoms with Crippen LogP contribution in [0.4, 0.5) is 0 Å². The van der Waals surface area contributed by atoms with Crippen molar-refractivity contribution in [2.24, 2.45) is 5.73 Å². The molecule has 1 spiro atoms. The molecule has 2 heterocycles. The zero-order valence-corrected chi connectivity index (χ0v) is 10.9. The van der Waals surface area contributed by atoms with Crippen molar-refractivity contribution in [3.05, 3.63) is 0 Å². The Balaban J connectivity index is 1.67. The molecule has 2 N–H and O–H groups in total. The molecule has 1 aliphatic carbocycles. The number of likely N-dealkylation sites (tertiary alicyclic amines) is 1. The first kappa shape index (κ1) is 11.9. The smallest absolute Gasteiger partial charge is 0.0697 e. The summed E-state index contributed by atoms with van der Waals surface area (Å²) in [5.41, 5.74) is 6.16. The van der Waals surface area contributed by atoms with Gasteiger partial charge in [-0.15, -0.1) is 0 Å². The van der Waals surface area contributed by atoms with Gasteiger partial charge in [0.15, 0.2) is 0 Å². The molecule has 3 fully saturated rings. The number of nitrogens with two attached hydrogens (primary N) is 1. The van der Waals surface area contributed by atoms with Crippen LogP contribution in [0, 0.1) is 0 Å². The molecule has 0 bridgehead atoms. The molecule has 0 amide bonds. The Hall–Kier alpha value is -0.120. The van der Waals surface area contributed by atoms with Gasteiger partial charge in [0, 0.05) is 25.2 Å². The van der Waals surface area contributed by atoms with E-state index in [2.05, 4.69) is 4.90 Å². The molecule has 0 aromatic heterocycles. The molecule has 1 saturated carbocycles. The SMILES string of the molecule is NCC1CCCN1C1CCOC2(CCCC2)C1. The third-order valence-corrected chi connectivity index (χ3v) is 5.15. The summed E-state index contributed by atoms with van der Waals surface area (Å²) in [5, 5.41) is 0. The fourth-order valence-corrected chi connectivity index (χ4v) is 4.24. The first-order chi connectivity index (χ1) is 8.33. The Labute approximate surface area is 105 Å². The summed E-state index contributed by atoms with van der Waals surface area (Å²) in [7, 11) is 0. The van der Waals surface area contributed by atoms with Gasteiger partial charge in [-0.2, -0.15) is 0 Å². The highest BCUT2D eigenvalue weighted by Crippen LogP contribution is 2.42. The van der Waals surface area contributed by atoms with Gasteiger partial charge in [0.1, 0.15) is 0 Å². The van der Waals surface area contributed by atoms with E-state index < -0.39 is 0 Å². The fourth-order valence-electron chi connectivity index (χ4n) is 4.24. The Morgan fingerprint density at radius 3 is 2.76 bits per heavy atom. The van der Waals surface area contributed by atoms with Gasteiger partial charge < -0.3 is 10.5 Å². The maximum absolute atomic E-state index is 6.13. The van der Waals surface area contributed by atoms with Gasteiger partial charge in [0.2, 0.25) is 0 Å². The molecule has 2 atom stereocenters. The zero-order chi connectivity index (χ0) is 11.7. The lowest BCUT2D eigenvalue weighted by Crippen LogP contribution is -2.50. The maximum Gasteiger partial charge on any atom is 0.0697 e. The second-order valence-corrected chi connectivity index (χ2v) is 6.15. The van der Waals surface area contributed by atoms with Crippen LogP contribution < -0.4 is 5.73 Å². The standard InChI is InChI=1S/C14H26N2O/c15-11-13-4-3-8-16(13)12-5-9-17-14(10-12)6-1-2-7-14/h12-13H,1-11,15H2. The molecular weight excluding hydrogens is 212 g/mol. The Bertz CT molecular complexity index is 263. The first-order valence-corrected chi connectivity index (χ1v) is 7.43. The second-order valence-electron chi connectivity index (χ2n) is 6.15. The van der Waals surface area contributed by atoms with E-state index in [4.69, 9.17) is 10.5 Å². The van der Waals surface area contributed by atoms with Gasteiger partial charge in [0.05, 0.1) is 5.60 Å². The average molecular weight is 238 g/mol. The number of nitrogens with zero attached hydrogens (tertiary/aromatic N) is 1. The fraction of sp³-hybridized carbons (Fsp3) is 1.00. The second kappa shape index (κ2) is 4.87. The molecule has 3 heteroatoms. The largest absolute Gasteiger partial charge is 0.375 e. The van der Waals surface area contributed by atoms with Crippen molar-refractivity contribution in [2.75, 3.05) is 19.7 Å². The first-order valence-electron chi connectivity index (χ1n) is 7.43. The van der Waals surface area contributed by atoms with E-state index in [1.54, 1.807) is 0 Å². The predicted molar refractivity (Wildman–Crippen MR) is 69.0 cm³/mol. The normalized spacial score (nSPS) is 37.9. The van der Waals surface area contributed by atoms with Crippen LogP contribution in [-0.2, 0) is 4.74 Å². The van der Waals surface area contributed by atoms with E-state index in [1.807, 2.05) is 0 Å². The van der Waals surface area contributed by atoms with Crippen molar-refractivity contribution >= 4 is 0 Å². The average Bonchev–Trinajstić information content (AvgIpc) is 2.98. The molecule has 0 aromatic carbocycles. The van der Waals surface area contributed by atoms with Crippen LogP contribution in [0.2, 0.25) is 0 Å². The van der Waals surface area contributed by atoms with E-state index in [9.17, 15) is 0 Å². The lowest BCUT2D eigenvalue weighted by molar-refractivity contribution is -0.103. The Morgan fingerprint density at radius 1 is 1.18 bits per heavy atom. The topological polar surface area (TPSA) is 38.5 Å². The van der Waals surface area contributed by atoms with Gasteiger partial charge >= 0.3 is 0 Å². The lowest BCUT2D eigenvalue weighted by Gasteiger charge is -2.43. The zero-order valence-electron chi connectivity index (χ0n) is 10.9. The van der Waals surface area contributed by atoms with Crippen LogP contribution in [0.25, 0.3) is 0 Å². The number of hydrogen-bond donors (Lipinski definition) is 1. The summed E-state index contributed by atoms with van der Waals surface area (Å²) in [4.78, 5) is 2.70. The van der Waals surface area contributed by atoms with Gasteiger partial charge in [-0.25, -0.2) is 0 Å². The van der Waals surface area contributed by atoms with Crippen LogP contribution in [-0.4, -0.2) is 42.3 Å². The van der Waals surface area contributed by atoms with Crippen molar-refractivity contribution in [3.63, 3.8) is 0 Å². The molecule has 2 saturated heterocycles. The van der Waals surface area contributed by atoms with Gasteiger partial charge in [-0.3, -0.25) is 4.90 Å². The minimum absolute atomic E-state index is 0.255. The quantitative estimate of drug-likeness (QED) is 0.798. The summed E-state index contributed by atoms with van der Waals surface area (Å²) in [6.07, 6.45) is 10.5. The summed E-state index contributed by atoms with van der Waals surface area (Å²) < 4.78 is 6.13. The van der Waals surface area contributed by atoms with Crippen LogP contribution in [0.3, 0.4) is 0 Å². The molecule has 2 aliphatic heterocycles. The molecule has 17 heavy (non-hydrogen) atoms. The van der Waals surface area contributed by atoms with Crippen LogP contribution >= 0.6 is 0 Å². The van der Waals surface area contributed by atoms with Crippen LogP contribution in [0.5, 0.6) is 0 Å². The van der Waals surface area contributed by atoms with Gasteiger partial charge in [-0.05, 0) is 45.1 Å². The van der Waals surface area contributed by atoms with E-state index in [-0.39, 0.29) is 5.60 Å². The lowest BCUT2D eigenvalue weighted by atomic mass is 9.88. The van der Waals surface area contributed by atoms with Crippen LogP contribution in [0.1, 0.15) is 51.4 Å².